The van der Waals surface area contributed by atoms with Crippen LogP contribution in [-0.2, 0) is 6.54 Å². The fourth-order valence-electron chi connectivity index (χ4n) is 1.95. The molecule has 2 N–H and O–H groups in total. The van der Waals surface area contributed by atoms with Gasteiger partial charge in [0.05, 0.1) is 11.4 Å². The van der Waals surface area contributed by atoms with Crippen molar-refractivity contribution in [2.75, 3.05) is 20.1 Å². The summed E-state index contributed by atoms with van der Waals surface area (Å²) < 4.78 is 1.93. The van der Waals surface area contributed by atoms with Crippen molar-refractivity contribution in [1.29, 1.82) is 0 Å². The minimum Gasteiger partial charge on any atom is -0.329 e. The second-order valence-electron chi connectivity index (χ2n) is 4.55. The lowest BCUT2D eigenvalue weighted by molar-refractivity contribution is 0.335. The van der Waals surface area contributed by atoms with Crippen molar-refractivity contribution < 1.29 is 0 Å². The Kier molecular flexibility index (Phi) is 4.12. The predicted octanol–water partition coefficient (Wildman–Crippen LogP) is 1.57. The van der Waals surface area contributed by atoms with Crippen molar-refractivity contribution in [3.8, 4) is 5.69 Å². The van der Waals surface area contributed by atoms with Crippen LogP contribution in [0, 0.1) is 6.92 Å². The average Bonchev–Trinajstić information content (AvgIpc) is 2.72. The van der Waals surface area contributed by atoms with Gasteiger partial charge in [0, 0.05) is 31.4 Å². The van der Waals surface area contributed by atoms with Gasteiger partial charge in [-0.05, 0) is 26.1 Å². The Morgan fingerprint density at radius 1 is 1.28 bits per heavy atom. The standard InChI is InChI=1S/C14H20N4/c1-12-13(10-17(2)9-8-15)11-18(16-12)14-6-4-3-5-7-14/h3-7,11H,8-10,15H2,1-2H3. The van der Waals surface area contributed by atoms with Crippen molar-refractivity contribution in [1.82, 2.24) is 14.7 Å². The smallest absolute Gasteiger partial charge is 0.0645 e. The minimum absolute atomic E-state index is 0.683. The maximum atomic E-state index is 5.55. The number of likely N-dealkylation sites (N-methyl/N-ethyl adjacent to an activating group) is 1. The zero-order valence-corrected chi connectivity index (χ0v) is 11.0. The van der Waals surface area contributed by atoms with Crippen LogP contribution in [0.2, 0.25) is 0 Å². The zero-order chi connectivity index (χ0) is 13.0. The summed E-state index contributed by atoms with van der Waals surface area (Å²) in [5.74, 6) is 0. The van der Waals surface area contributed by atoms with Gasteiger partial charge in [-0.25, -0.2) is 4.68 Å². The third-order valence-electron chi connectivity index (χ3n) is 2.97. The summed E-state index contributed by atoms with van der Waals surface area (Å²) in [6.07, 6.45) is 2.09. The molecule has 1 aromatic carbocycles. The topological polar surface area (TPSA) is 47.1 Å². The summed E-state index contributed by atoms with van der Waals surface area (Å²) in [7, 11) is 2.08. The molecule has 0 aliphatic heterocycles. The van der Waals surface area contributed by atoms with Crippen molar-refractivity contribution in [2.45, 2.75) is 13.5 Å². The maximum Gasteiger partial charge on any atom is 0.0645 e. The van der Waals surface area contributed by atoms with Crippen LogP contribution in [-0.4, -0.2) is 34.8 Å². The molecule has 1 heterocycles. The van der Waals surface area contributed by atoms with Crippen LogP contribution in [0.1, 0.15) is 11.3 Å². The predicted molar refractivity (Wildman–Crippen MR) is 73.7 cm³/mol. The Bertz CT molecular complexity index is 490. The fourth-order valence-corrected chi connectivity index (χ4v) is 1.95. The van der Waals surface area contributed by atoms with Gasteiger partial charge in [-0.15, -0.1) is 0 Å². The van der Waals surface area contributed by atoms with E-state index in [4.69, 9.17) is 5.73 Å². The van der Waals surface area contributed by atoms with E-state index in [1.807, 2.05) is 29.8 Å². The first-order valence-corrected chi connectivity index (χ1v) is 6.20. The quantitative estimate of drug-likeness (QED) is 0.868. The first-order valence-electron chi connectivity index (χ1n) is 6.20. The van der Waals surface area contributed by atoms with Crippen LogP contribution in [0.15, 0.2) is 36.5 Å². The van der Waals surface area contributed by atoms with Crippen LogP contribution in [0.25, 0.3) is 5.69 Å². The molecule has 0 aliphatic rings. The molecule has 0 amide bonds. The summed E-state index contributed by atoms with van der Waals surface area (Å²) in [4.78, 5) is 2.21. The number of aryl methyl sites for hydroxylation is 1. The van der Waals surface area contributed by atoms with Gasteiger partial charge in [0.2, 0.25) is 0 Å². The van der Waals surface area contributed by atoms with E-state index in [2.05, 4.69) is 35.4 Å². The highest BCUT2D eigenvalue weighted by molar-refractivity contribution is 5.32. The van der Waals surface area contributed by atoms with E-state index in [1.165, 1.54) is 5.56 Å². The summed E-state index contributed by atoms with van der Waals surface area (Å²) in [6, 6.07) is 10.2. The second kappa shape index (κ2) is 5.80. The maximum absolute atomic E-state index is 5.55. The van der Waals surface area contributed by atoms with Crippen LogP contribution in [0.5, 0.6) is 0 Å². The second-order valence-corrected chi connectivity index (χ2v) is 4.55. The monoisotopic (exact) mass is 244 g/mol. The first kappa shape index (κ1) is 12.8. The molecule has 0 radical (unpaired) electrons. The first-order chi connectivity index (χ1) is 8.70. The summed E-state index contributed by atoms with van der Waals surface area (Å²) in [6.45, 7) is 4.51. The number of hydrogen-bond acceptors (Lipinski definition) is 3. The molecule has 0 spiro atoms. The van der Waals surface area contributed by atoms with E-state index >= 15 is 0 Å². The number of nitrogens with zero attached hydrogens (tertiary/aromatic N) is 3. The molecule has 0 fully saturated rings. The van der Waals surface area contributed by atoms with E-state index in [-0.39, 0.29) is 0 Å². The van der Waals surface area contributed by atoms with Crippen LogP contribution in [0.3, 0.4) is 0 Å². The Balaban J connectivity index is 2.17. The van der Waals surface area contributed by atoms with Gasteiger partial charge in [0.15, 0.2) is 0 Å². The molecule has 1 aromatic heterocycles. The van der Waals surface area contributed by atoms with Gasteiger partial charge in [-0.1, -0.05) is 18.2 Å². The van der Waals surface area contributed by atoms with Gasteiger partial charge in [0.1, 0.15) is 0 Å². The number of rotatable bonds is 5. The van der Waals surface area contributed by atoms with E-state index in [9.17, 15) is 0 Å². The van der Waals surface area contributed by atoms with Crippen molar-refractivity contribution in [3.63, 3.8) is 0 Å². The van der Waals surface area contributed by atoms with Gasteiger partial charge < -0.3 is 10.6 Å². The summed E-state index contributed by atoms with van der Waals surface area (Å²) in [5, 5.41) is 4.55. The van der Waals surface area contributed by atoms with Gasteiger partial charge in [-0.2, -0.15) is 5.10 Å². The molecular formula is C14H20N4. The minimum atomic E-state index is 0.683. The molecule has 4 heteroatoms. The highest BCUT2D eigenvalue weighted by atomic mass is 15.3. The largest absolute Gasteiger partial charge is 0.329 e. The number of benzene rings is 1. The number of aromatic nitrogens is 2. The Morgan fingerprint density at radius 2 is 2.00 bits per heavy atom. The van der Waals surface area contributed by atoms with Gasteiger partial charge >= 0.3 is 0 Å². The number of nitrogens with two attached hydrogens (primary N) is 1. The van der Waals surface area contributed by atoms with Gasteiger partial charge in [-0.3, -0.25) is 0 Å². The third kappa shape index (κ3) is 2.97. The molecule has 0 unspecified atom stereocenters. The molecule has 0 bridgehead atoms. The summed E-state index contributed by atoms with van der Waals surface area (Å²) >= 11 is 0. The summed E-state index contributed by atoms with van der Waals surface area (Å²) in [5.41, 5.74) is 8.96. The Labute approximate surface area is 108 Å². The Hall–Kier alpha value is -1.65. The van der Waals surface area contributed by atoms with Crippen LogP contribution < -0.4 is 5.73 Å². The molecule has 96 valence electrons. The lowest BCUT2D eigenvalue weighted by Crippen LogP contribution is -2.25. The molecule has 2 aromatic rings. The lowest BCUT2D eigenvalue weighted by atomic mass is 10.2. The highest BCUT2D eigenvalue weighted by Gasteiger charge is 2.08. The van der Waals surface area contributed by atoms with E-state index in [1.54, 1.807) is 0 Å². The van der Waals surface area contributed by atoms with Crippen molar-refractivity contribution in [3.05, 3.63) is 47.8 Å². The lowest BCUT2D eigenvalue weighted by Gasteiger charge is -2.14. The molecule has 0 saturated heterocycles. The van der Waals surface area contributed by atoms with E-state index in [0.29, 0.717) is 6.54 Å². The molecule has 18 heavy (non-hydrogen) atoms. The zero-order valence-electron chi connectivity index (χ0n) is 11.0. The number of para-hydroxylation sites is 1. The Morgan fingerprint density at radius 3 is 2.67 bits per heavy atom. The third-order valence-corrected chi connectivity index (χ3v) is 2.97. The molecular weight excluding hydrogens is 224 g/mol. The van der Waals surface area contributed by atoms with Crippen molar-refractivity contribution >= 4 is 0 Å². The molecule has 0 aliphatic carbocycles. The molecule has 0 atom stereocenters. The highest BCUT2D eigenvalue weighted by Crippen LogP contribution is 2.13. The normalized spacial score (nSPS) is 11.1. The molecule has 4 nitrogen and oxygen atoms in total. The van der Waals surface area contributed by atoms with Gasteiger partial charge in [0.25, 0.3) is 0 Å². The molecule has 2 rings (SSSR count). The SMILES string of the molecule is Cc1nn(-c2ccccc2)cc1CN(C)CCN. The molecule has 0 saturated carbocycles. The van der Waals surface area contributed by atoms with E-state index in [0.717, 1.165) is 24.5 Å². The fraction of sp³-hybridized carbons (Fsp3) is 0.357. The van der Waals surface area contributed by atoms with Crippen molar-refractivity contribution in [2.24, 2.45) is 5.73 Å². The van der Waals surface area contributed by atoms with Crippen LogP contribution >= 0.6 is 0 Å². The van der Waals surface area contributed by atoms with Crippen LogP contribution in [0.4, 0.5) is 0 Å². The average molecular weight is 244 g/mol. The number of hydrogen-bond donors (Lipinski definition) is 1. The van der Waals surface area contributed by atoms with E-state index < -0.39 is 0 Å².